The van der Waals surface area contributed by atoms with Crippen molar-refractivity contribution in [3.8, 4) is 0 Å². The number of carbonyl (C=O) groups is 1. The third-order valence-corrected chi connectivity index (χ3v) is 4.42. The predicted molar refractivity (Wildman–Crippen MR) is 109 cm³/mol. The standard InChI is InChI=1S/C22H31N3O/c1-2-3-4-5-6-7-8-9-22(26)25-21-12-10-20(11-13-21)24-18-19-14-16-23-17-15-19/h10-17,24H,2-9,18H2,1H3,(H,25,26). The van der Waals surface area contributed by atoms with Crippen LogP contribution in [0.1, 0.15) is 63.9 Å². The van der Waals surface area contributed by atoms with E-state index in [2.05, 4.69) is 22.5 Å². The minimum Gasteiger partial charge on any atom is -0.381 e. The lowest BCUT2D eigenvalue weighted by Gasteiger charge is -2.09. The summed E-state index contributed by atoms with van der Waals surface area (Å²) in [6.07, 6.45) is 12.8. The molecule has 0 unspecified atom stereocenters. The Labute approximate surface area is 157 Å². The highest BCUT2D eigenvalue weighted by atomic mass is 16.1. The molecule has 0 bridgehead atoms. The smallest absolute Gasteiger partial charge is 0.224 e. The Morgan fingerprint density at radius 1 is 0.846 bits per heavy atom. The van der Waals surface area contributed by atoms with Crippen LogP contribution in [0.4, 0.5) is 11.4 Å². The first-order valence-corrected chi connectivity index (χ1v) is 9.80. The van der Waals surface area contributed by atoms with Crippen molar-refractivity contribution in [3.63, 3.8) is 0 Å². The first-order chi connectivity index (χ1) is 12.8. The van der Waals surface area contributed by atoms with E-state index >= 15 is 0 Å². The minimum absolute atomic E-state index is 0.107. The second-order valence-corrected chi connectivity index (χ2v) is 6.71. The molecule has 1 heterocycles. The molecule has 0 fully saturated rings. The summed E-state index contributed by atoms with van der Waals surface area (Å²) < 4.78 is 0. The summed E-state index contributed by atoms with van der Waals surface area (Å²) >= 11 is 0. The Kier molecular flexibility index (Phi) is 9.26. The lowest BCUT2D eigenvalue weighted by atomic mass is 10.1. The van der Waals surface area contributed by atoms with E-state index < -0.39 is 0 Å². The Bertz CT molecular complexity index is 626. The highest BCUT2D eigenvalue weighted by Crippen LogP contribution is 2.15. The molecule has 1 aromatic carbocycles. The van der Waals surface area contributed by atoms with E-state index in [4.69, 9.17) is 0 Å². The highest BCUT2D eigenvalue weighted by molar-refractivity contribution is 5.90. The van der Waals surface area contributed by atoms with Gasteiger partial charge >= 0.3 is 0 Å². The summed E-state index contributed by atoms with van der Waals surface area (Å²) in [4.78, 5) is 16.0. The number of amides is 1. The molecule has 0 radical (unpaired) electrons. The van der Waals surface area contributed by atoms with Gasteiger partial charge in [-0.25, -0.2) is 0 Å². The zero-order valence-electron chi connectivity index (χ0n) is 15.8. The molecule has 0 spiro atoms. The van der Waals surface area contributed by atoms with Gasteiger partial charge in [-0.05, 0) is 48.4 Å². The van der Waals surface area contributed by atoms with Crippen LogP contribution in [0.5, 0.6) is 0 Å². The normalized spacial score (nSPS) is 10.5. The van der Waals surface area contributed by atoms with E-state index in [-0.39, 0.29) is 5.91 Å². The molecule has 2 N–H and O–H groups in total. The van der Waals surface area contributed by atoms with Crippen molar-refractivity contribution in [1.29, 1.82) is 0 Å². The van der Waals surface area contributed by atoms with Crippen LogP contribution in [0.15, 0.2) is 48.8 Å². The average molecular weight is 354 g/mol. The number of unbranched alkanes of at least 4 members (excludes halogenated alkanes) is 6. The number of aromatic nitrogens is 1. The molecule has 26 heavy (non-hydrogen) atoms. The summed E-state index contributed by atoms with van der Waals surface area (Å²) in [5.41, 5.74) is 3.08. The zero-order chi connectivity index (χ0) is 18.5. The summed E-state index contributed by atoms with van der Waals surface area (Å²) in [5.74, 6) is 0.107. The third kappa shape index (κ3) is 8.15. The maximum atomic E-state index is 12.0. The maximum Gasteiger partial charge on any atom is 0.224 e. The molecule has 2 rings (SSSR count). The number of hydrogen-bond acceptors (Lipinski definition) is 3. The minimum atomic E-state index is 0.107. The predicted octanol–water partition coefficient (Wildman–Crippen LogP) is 5.77. The molecule has 0 aliphatic rings. The van der Waals surface area contributed by atoms with Crippen LogP contribution in [0.2, 0.25) is 0 Å². The molecule has 1 amide bonds. The topological polar surface area (TPSA) is 54.0 Å². The molecule has 4 nitrogen and oxygen atoms in total. The van der Waals surface area contributed by atoms with E-state index in [0.29, 0.717) is 6.42 Å². The highest BCUT2D eigenvalue weighted by Gasteiger charge is 2.02. The number of benzene rings is 1. The number of rotatable bonds is 12. The Hall–Kier alpha value is -2.36. The molecule has 0 atom stereocenters. The van der Waals surface area contributed by atoms with Crippen LogP contribution in [0.3, 0.4) is 0 Å². The van der Waals surface area contributed by atoms with E-state index in [0.717, 1.165) is 30.8 Å². The second kappa shape index (κ2) is 12.1. The van der Waals surface area contributed by atoms with Crippen LogP contribution in [-0.2, 0) is 11.3 Å². The van der Waals surface area contributed by atoms with Gasteiger partial charge in [-0.15, -0.1) is 0 Å². The third-order valence-electron chi connectivity index (χ3n) is 4.42. The summed E-state index contributed by atoms with van der Waals surface area (Å²) in [6, 6.07) is 11.8. The lowest BCUT2D eigenvalue weighted by molar-refractivity contribution is -0.116. The molecule has 2 aromatic rings. The van der Waals surface area contributed by atoms with Crippen LogP contribution in [0, 0.1) is 0 Å². The largest absolute Gasteiger partial charge is 0.381 e. The monoisotopic (exact) mass is 353 g/mol. The van der Waals surface area contributed by atoms with Crippen molar-refractivity contribution >= 4 is 17.3 Å². The van der Waals surface area contributed by atoms with Crippen molar-refractivity contribution in [2.24, 2.45) is 0 Å². The van der Waals surface area contributed by atoms with Gasteiger partial charge in [-0.1, -0.05) is 45.4 Å². The number of pyridine rings is 1. The van der Waals surface area contributed by atoms with E-state index in [1.807, 2.05) is 36.4 Å². The lowest BCUT2D eigenvalue weighted by Crippen LogP contribution is -2.11. The van der Waals surface area contributed by atoms with Gasteiger partial charge in [0.1, 0.15) is 0 Å². The van der Waals surface area contributed by atoms with E-state index in [9.17, 15) is 4.79 Å². The molecule has 0 saturated carbocycles. The van der Waals surface area contributed by atoms with E-state index in [1.54, 1.807) is 12.4 Å². The second-order valence-electron chi connectivity index (χ2n) is 6.71. The van der Waals surface area contributed by atoms with Crippen molar-refractivity contribution in [2.45, 2.75) is 64.8 Å². The van der Waals surface area contributed by atoms with Crippen LogP contribution < -0.4 is 10.6 Å². The Morgan fingerprint density at radius 2 is 1.46 bits per heavy atom. The van der Waals surface area contributed by atoms with Gasteiger partial charge in [-0.3, -0.25) is 9.78 Å². The summed E-state index contributed by atoms with van der Waals surface area (Å²) in [6.45, 7) is 2.99. The van der Waals surface area contributed by atoms with Crippen LogP contribution in [0.25, 0.3) is 0 Å². The average Bonchev–Trinajstić information content (AvgIpc) is 2.67. The SMILES string of the molecule is CCCCCCCCCC(=O)Nc1ccc(NCc2ccncc2)cc1. The van der Waals surface area contributed by atoms with Gasteiger partial charge in [0, 0.05) is 36.7 Å². The summed E-state index contributed by atoms with van der Waals surface area (Å²) in [7, 11) is 0. The zero-order valence-corrected chi connectivity index (χ0v) is 15.8. The van der Waals surface area contributed by atoms with E-state index in [1.165, 1.54) is 37.7 Å². The van der Waals surface area contributed by atoms with Gasteiger partial charge in [0.15, 0.2) is 0 Å². The fourth-order valence-electron chi connectivity index (χ4n) is 2.84. The number of hydrogen-bond donors (Lipinski definition) is 2. The number of nitrogens with zero attached hydrogens (tertiary/aromatic N) is 1. The number of anilines is 2. The summed E-state index contributed by atoms with van der Waals surface area (Å²) in [5, 5.41) is 6.34. The fourth-order valence-corrected chi connectivity index (χ4v) is 2.84. The van der Waals surface area contributed by atoms with Crippen LogP contribution >= 0.6 is 0 Å². The quantitative estimate of drug-likeness (QED) is 0.476. The molecule has 0 saturated heterocycles. The Balaban J connectivity index is 1.62. The Morgan fingerprint density at radius 3 is 2.15 bits per heavy atom. The fraction of sp³-hybridized carbons (Fsp3) is 0.455. The van der Waals surface area contributed by atoms with Gasteiger partial charge in [0.25, 0.3) is 0 Å². The van der Waals surface area contributed by atoms with Gasteiger partial charge in [0.2, 0.25) is 5.91 Å². The van der Waals surface area contributed by atoms with Gasteiger partial charge in [0.05, 0.1) is 0 Å². The van der Waals surface area contributed by atoms with Crippen molar-refractivity contribution < 1.29 is 4.79 Å². The van der Waals surface area contributed by atoms with Gasteiger partial charge in [-0.2, -0.15) is 0 Å². The first kappa shape index (κ1) is 20.0. The molecule has 4 heteroatoms. The molecular weight excluding hydrogens is 322 g/mol. The number of nitrogens with one attached hydrogen (secondary N) is 2. The molecule has 140 valence electrons. The molecule has 0 aliphatic carbocycles. The molecule has 0 aliphatic heterocycles. The molecule has 1 aromatic heterocycles. The van der Waals surface area contributed by atoms with Crippen LogP contribution in [-0.4, -0.2) is 10.9 Å². The van der Waals surface area contributed by atoms with Crippen molar-refractivity contribution in [1.82, 2.24) is 4.98 Å². The maximum absolute atomic E-state index is 12.0. The van der Waals surface area contributed by atoms with Gasteiger partial charge < -0.3 is 10.6 Å². The van der Waals surface area contributed by atoms with Crippen molar-refractivity contribution in [2.75, 3.05) is 10.6 Å². The number of carbonyl (C=O) groups excluding carboxylic acids is 1. The van der Waals surface area contributed by atoms with Crippen molar-refractivity contribution in [3.05, 3.63) is 54.4 Å². The molecular formula is C22H31N3O. The first-order valence-electron chi connectivity index (χ1n) is 9.80.